The van der Waals surface area contributed by atoms with Gasteiger partial charge in [0.25, 0.3) is 0 Å². The summed E-state index contributed by atoms with van der Waals surface area (Å²) in [5.74, 6) is -1.80. The maximum absolute atomic E-state index is 10.5. The number of nitrogens with zero attached hydrogens (tertiary/aromatic N) is 1. The molecule has 4 N–H and O–H groups in total. The summed E-state index contributed by atoms with van der Waals surface area (Å²) in [5, 5.41) is 17.1. The Morgan fingerprint density at radius 2 is 1.85 bits per heavy atom. The van der Waals surface area contributed by atoms with Crippen LogP contribution in [0.15, 0.2) is 0 Å². The molecule has 13 heavy (non-hydrogen) atoms. The number of hydrogen-bond donors (Lipinski definition) is 3. The third kappa shape index (κ3) is 2.46. The van der Waals surface area contributed by atoms with Gasteiger partial charge in [-0.2, -0.15) is 0 Å². The molecule has 2 atom stereocenters. The first kappa shape index (κ1) is 12.0. The van der Waals surface area contributed by atoms with E-state index in [-0.39, 0.29) is 25.5 Å². The number of carbonyl (C=O) groups is 2. The lowest BCUT2D eigenvalue weighted by Gasteiger charge is -2.08. The molecule has 1 fully saturated rings. The van der Waals surface area contributed by atoms with Gasteiger partial charge in [-0.15, -0.1) is 12.4 Å². The molecule has 0 aliphatic carbocycles. The van der Waals surface area contributed by atoms with Gasteiger partial charge in [-0.05, 0) is 0 Å². The second-order valence-electron chi connectivity index (χ2n) is 2.80. The Morgan fingerprint density at radius 1 is 1.31 bits per heavy atom. The Bertz CT molecular complexity index is 223. The summed E-state index contributed by atoms with van der Waals surface area (Å²) >= 11 is 0. The molecule has 76 valence electrons. The summed E-state index contributed by atoms with van der Waals surface area (Å²) in [6.07, 6.45) is -1.12. The average molecular weight is 211 g/mol. The van der Waals surface area contributed by atoms with Crippen molar-refractivity contribution in [3.05, 3.63) is 0 Å². The van der Waals surface area contributed by atoms with Crippen LogP contribution in [0.2, 0.25) is 0 Å². The fraction of sp³-hybridized carbons (Fsp3) is 0.667. The van der Waals surface area contributed by atoms with E-state index in [2.05, 4.69) is 0 Å². The number of rotatable bonds is 1. The maximum Gasteiger partial charge on any atom is 0.407 e. The first-order valence-corrected chi connectivity index (χ1v) is 3.48. The molecule has 0 saturated carbocycles. The van der Waals surface area contributed by atoms with Crippen molar-refractivity contribution in [3.8, 4) is 0 Å². The molecular weight excluding hydrogens is 200 g/mol. The quantitative estimate of drug-likeness (QED) is 0.538. The molecule has 0 spiro atoms. The summed E-state index contributed by atoms with van der Waals surface area (Å²) < 4.78 is 0. The zero-order valence-electron chi connectivity index (χ0n) is 6.71. The third-order valence-electron chi connectivity index (χ3n) is 1.95. The molecule has 0 radical (unpaired) electrons. The van der Waals surface area contributed by atoms with Crippen molar-refractivity contribution in [2.45, 2.75) is 6.04 Å². The molecule has 7 heteroatoms. The second-order valence-corrected chi connectivity index (χ2v) is 2.80. The number of likely N-dealkylation sites (tertiary alicyclic amines) is 1. The van der Waals surface area contributed by atoms with Gasteiger partial charge in [0.1, 0.15) is 0 Å². The molecule has 1 aliphatic heterocycles. The lowest BCUT2D eigenvalue weighted by molar-refractivity contribution is -0.141. The summed E-state index contributed by atoms with van der Waals surface area (Å²) in [7, 11) is 0. The van der Waals surface area contributed by atoms with Gasteiger partial charge >= 0.3 is 12.1 Å². The van der Waals surface area contributed by atoms with Crippen LogP contribution in [0, 0.1) is 5.92 Å². The molecule has 6 nitrogen and oxygen atoms in total. The molecule has 0 aromatic heterocycles. The smallest absolute Gasteiger partial charge is 0.407 e. The van der Waals surface area contributed by atoms with Gasteiger partial charge in [0.15, 0.2) is 0 Å². The predicted octanol–water partition coefficient (Wildman–Crippen LogP) is -0.570. The number of halogens is 1. The van der Waals surface area contributed by atoms with E-state index in [9.17, 15) is 9.59 Å². The SMILES string of the molecule is Cl.N[C@H]1CN(C(=O)O)C[C@@H]1C(=O)O. The van der Waals surface area contributed by atoms with Crippen LogP contribution in [-0.4, -0.2) is 46.3 Å². The van der Waals surface area contributed by atoms with Crippen LogP contribution in [-0.2, 0) is 4.79 Å². The highest BCUT2D eigenvalue weighted by Crippen LogP contribution is 2.15. The molecule has 0 bridgehead atoms. The van der Waals surface area contributed by atoms with Crippen LogP contribution >= 0.6 is 12.4 Å². The predicted molar refractivity (Wildman–Crippen MR) is 45.9 cm³/mol. The van der Waals surface area contributed by atoms with Crippen LogP contribution in [0.5, 0.6) is 0 Å². The van der Waals surface area contributed by atoms with Crippen molar-refractivity contribution < 1.29 is 19.8 Å². The van der Waals surface area contributed by atoms with Gasteiger partial charge in [-0.1, -0.05) is 0 Å². The Morgan fingerprint density at radius 3 is 2.08 bits per heavy atom. The van der Waals surface area contributed by atoms with Crippen molar-refractivity contribution in [1.82, 2.24) is 4.90 Å². The van der Waals surface area contributed by atoms with Crippen LogP contribution < -0.4 is 5.73 Å². The number of carboxylic acids is 1. The highest BCUT2D eigenvalue weighted by molar-refractivity contribution is 5.85. The number of nitrogens with two attached hydrogens (primary N) is 1. The van der Waals surface area contributed by atoms with Gasteiger partial charge < -0.3 is 20.8 Å². The minimum Gasteiger partial charge on any atom is -0.481 e. The van der Waals surface area contributed by atoms with Gasteiger partial charge in [0, 0.05) is 19.1 Å². The van der Waals surface area contributed by atoms with E-state index in [1.165, 1.54) is 0 Å². The van der Waals surface area contributed by atoms with Gasteiger partial charge in [-0.3, -0.25) is 4.79 Å². The lowest BCUT2D eigenvalue weighted by atomic mass is 10.1. The van der Waals surface area contributed by atoms with E-state index < -0.39 is 24.0 Å². The minimum atomic E-state index is -1.12. The third-order valence-corrected chi connectivity index (χ3v) is 1.95. The second kappa shape index (κ2) is 4.29. The topological polar surface area (TPSA) is 104 Å². The average Bonchev–Trinajstić information content (AvgIpc) is 2.30. The Kier molecular flexibility index (Phi) is 3.96. The molecular formula is C6H11ClN2O4. The van der Waals surface area contributed by atoms with E-state index in [1.807, 2.05) is 0 Å². The van der Waals surface area contributed by atoms with Gasteiger partial charge in [-0.25, -0.2) is 4.79 Å². The standard InChI is InChI=1S/C6H10N2O4.ClH/c7-4-2-8(6(11)12)1-3(4)5(9)10;/h3-4H,1-2,7H2,(H,9,10)(H,11,12);1H/t3-,4-;/m0./s1. The van der Waals surface area contributed by atoms with Crippen molar-refractivity contribution >= 4 is 24.5 Å². The van der Waals surface area contributed by atoms with Crippen LogP contribution in [0.4, 0.5) is 4.79 Å². The van der Waals surface area contributed by atoms with Gasteiger partial charge in [0.05, 0.1) is 5.92 Å². The Labute approximate surface area is 80.7 Å². The zero-order chi connectivity index (χ0) is 9.30. The van der Waals surface area contributed by atoms with Crippen LogP contribution in [0.3, 0.4) is 0 Å². The monoisotopic (exact) mass is 210 g/mol. The summed E-state index contributed by atoms with van der Waals surface area (Å²) in [4.78, 5) is 21.9. The molecule has 1 aliphatic rings. The molecule has 1 rings (SSSR count). The van der Waals surface area contributed by atoms with E-state index in [0.29, 0.717) is 0 Å². The fourth-order valence-corrected chi connectivity index (χ4v) is 1.25. The van der Waals surface area contributed by atoms with E-state index in [1.54, 1.807) is 0 Å². The van der Waals surface area contributed by atoms with E-state index in [0.717, 1.165) is 4.90 Å². The highest BCUT2D eigenvalue weighted by atomic mass is 35.5. The number of aliphatic carboxylic acids is 1. The molecule has 0 aromatic rings. The first-order valence-electron chi connectivity index (χ1n) is 3.48. The maximum atomic E-state index is 10.5. The first-order chi connectivity index (χ1) is 5.52. The molecule has 0 unspecified atom stereocenters. The lowest BCUT2D eigenvalue weighted by Crippen LogP contribution is -2.34. The fourth-order valence-electron chi connectivity index (χ4n) is 1.25. The molecule has 1 saturated heterocycles. The van der Waals surface area contributed by atoms with E-state index in [4.69, 9.17) is 15.9 Å². The van der Waals surface area contributed by atoms with E-state index >= 15 is 0 Å². The molecule has 1 amide bonds. The van der Waals surface area contributed by atoms with Crippen LogP contribution in [0.1, 0.15) is 0 Å². The van der Waals surface area contributed by atoms with Crippen molar-refractivity contribution in [3.63, 3.8) is 0 Å². The summed E-state index contributed by atoms with van der Waals surface area (Å²) in [6.45, 7) is 0.0954. The summed E-state index contributed by atoms with van der Waals surface area (Å²) in [5.41, 5.74) is 5.42. The Balaban J connectivity index is 0.00000144. The van der Waals surface area contributed by atoms with Crippen molar-refractivity contribution in [2.75, 3.05) is 13.1 Å². The van der Waals surface area contributed by atoms with Gasteiger partial charge in [0.2, 0.25) is 0 Å². The minimum absolute atomic E-state index is 0. The highest BCUT2D eigenvalue weighted by Gasteiger charge is 2.37. The molecule has 0 aromatic carbocycles. The van der Waals surface area contributed by atoms with Crippen molar-refractivity contribution in [2.24, 2.45) is 11.7 Å². The number of carboxylic acid groups (broad SMARTS) is 2. The number of amides is 1. The summed E-state index contributed by atoms with van der Waals surface area (Å²) in [6, 6.07) is -0.585. The zero-order valence-corrected chi connectivity index (χ0v) is 7.53. The largest absolute Gasteiger partial charge is 0.481 e. The van der Waals surface area contributed by atoms with Crippen LogP contribution in [0.25, 0.3) is 0 Å². The normalized spacial score (nSPS) is 26.7. The molecule has 1 heterocycles. The number of hydrogen-bond acceptors (Lipinski definition) is 3. The van der Waals surface area contributed by atoms with Crippen molar-refractivity contribution in [1.29, 1.82) is 0 Å². The Hall–Kier alpha value is -1.01.